The molecule has 1 unspecified atom stereocenters. The third kappa shape index (κ3) is 5.61. The van der Waals surface area contributed by atoms with Gasteiger partial charge in [0.2, 0.25) is 5.91 Å². The number of hydrogen-bond donors (Lipinski definition) is 3. The number of anilines is 1. The van der Waals surface area contributed by atoms with Gasteiger partial charge in [-0.25, -0.2) is 9.99 Å². The van der Waals surface area contributed by atoms with Crippen LogP contribution in [0.1, 0.15) is 23.3 Å². The molecule has 5 rings (SSSR count). The Bertz CT molecular complexity index is 1260. The van der Waals surface area contributed by atoms with Crippen molar-refractivity contribution < 1.29 is 14.3 Å². The Morgan fingerprint density at radius 1 is 1.06 bits per heavy atom. The number of hydrazine groups is 1. The lowest BCUT2D eigenvalue weighted by molar-refractivity contribution is -0.126. The zero-order chi connectivity index (χ0) is 24.4. The number of halogens is 2. The minimum Gasteiger partial charge on any atom is -0.485 e. The smallest absolute Gasteiger partial charge is 0.284 e. The van der Waals surface area contributed by atoms with E-state index in [2.05, 4.69) is 21.0 Å². The Labute approximate surface area is 212 Å². The molecule has 10 heteroatoms. The molecule has 1 aromatic heterocycles. The van der Waals surface area contributed by atoms with Gasteiger partial charge in [0.05, 0.1) is 24.3 Å². The van der Waals surface area contributed by atoms with Crippen molar-refractivity contribution >= 4 is 51.6 Å². The van der Waals surface area contributed by atoms with E-state index in [0.29, 0.717) is 60.3 Å². The third-order valence-electron chi connectivity index (χ3n) is 6.27. The summed E-state index contributed by atoms with van der Waals surface area (Å²) >= 11 is 12.0. The van der Waals surface area contributed by atoms with E-state index < -0.39 is 0 Å². The molecule has 1 fully saturated rings. The third-order valence-corrected chi connectivity index (χ3v) is 6.74. The maximum absolute atomic E-state index is 12.7. The van der Waals surface area contributed by atoms with Crippen molar-refractivity contribution in [1.82, 2.24) is 20.7 Å². The summed E-state index contributed by atoms with van der Waals surface area (Å²) in [6, 6.07) is 14.3. The van der Waals surface area contributed by atoms with Gasteiger partial charge in [-0.3, -0.25) is 15.0 Å². The van der Waals surface area contributed by atoms with Crippen LogP contribution in [0.5, 0.6) is 5.75 Å². The second kappa shape index (κ2) is 10.3. The maximum atomic E-state index is 12.7. The van der Waals surface area contributed by atoms with E-state index in [4.69, 9.17) is 27.9 Å². The second-order valence-corrected chi connectivity index (χ2v) is 9.62. The summed E-state index contributed by atoms with van der Waals surface area (Å²) in [5, 5.41) is 10.3. The van der Waals surface area contributed by atoms with E-state index in [1.807, 2.05) is 29.3 Å². The Hall–Kier alpha value is -3.07. The predicted molar refractivity (Wildman–Crippen MR) is 136 cm³/mol. The normalized spacial score (nSPS) is 18.3. The molecule has 2 amide bonds. The lowest BCUT2D eigenvalue weighted by Gasteiger charge is -2.32. The van der Waals surface area contributed by atoms with Gasteiger partial charge in [0.25, 0.3) is 5.91 Å². The summed E-state index contributed by atoms with van der Waals surface area (Å²) in [6.45, 7) is 2.18. The predicted octanol–water partition coefficient (Wildman–Crippen LogP) is 3.89. The number of carbonyl (C=O) groups is 2. The highest BCUT2D eigenvalue weighted by Gasteiger charge is 2.27. The molecule has 0 saturated carbocycles. The summed E-state index contributed by atoms with van der Waals surface area (Å²) in [5.41, 5.74) is 4.81. The first-order valence-corrected chi connectivity index (χ1v) is 12.3. The van der Waals surface area contributed by atoms with Crippen LogP contribution in [0, 0.1) is 5.92 Å². The topological polar surface area (TPSA) is 95.6 Å². The van der Waals surface area contributed by atoms with Gasteiger partial charge >= 0.3 is 0 Å². The van der Waals surface area contributed by atoms with Crippen LogP contribution in [-0.2, 0) is 4.79 Å². The molecule has 2 aliphatic rings. The van der Waals surface area contributed by atoms with Crippen molar-refractivity contribution in [3.63, 3.8) is 0 Å². The van der Waals surface area contributed by atoms with Gasteiger partial charge in [-0.05, 0) is 55.3 Å². The quantitative estimate of drug-likeness (QED) is 0.479. The summed E-state index contributed by atoms with van der Waals surface area (Å²) in [7, 11) is 0. The molecule has 0 aliphatic carbocycles. The van der Waals surface area contributed by atoms with Gasteiger partial charge in [0.1, 0.15) is 17.5 Å². The summed E-state index contributed by atoms with van der Waals surface area (Å²) < 4.78 is 5.96. The number of piperidine rings is 1. The van der Waals surface area contributed by atoms with Crippen LogP contribution < -0.4 is 20.8 Å². The van der Waals surface area contributed by atoms with Gasteiger partial charge in [0.15, 0.2) is 0 Å². The number of nitrogens with zero attached hydrogens (tertiary/aromatic N) is 2. The molecule has 1 saturated heterocycles. The SMILES string of the molecule is O=C(NN1CCC(C(=O)NCC2CNc3cc(Cl)ccc3O2)CC1)c1ccc2cc(Cl)ccc2n1. The Morgan fingerprint density at radius 3 is 2.66 bits per heavy atom. The number of ether oxygens (including phenoxy) is 1. The zero-order valence-electron chi connectivity index (χ0n) is 18.9. The number of fused-ring (bicyclic) bond motifs is 2. The number of aromatic nitrogens is 1. The molecule has 2 aromatic carbocycles. The highest BCUT2D eigenvalue weighted by molar-refractivity contribution is 6.31. The fourth-order valence-corrected chi connectivity index (χ4v) is 4.69. The first kappa shape index (κ1) is 23.7. The van der Waals surface area contributed by atoms with Crippen molar-refractivity contribution in [2.24, 2.45) is 5.92 Å². The standard InChI is InChI=1S/C25H25Cl2N5O3/c26-17-2-5-20-16(11-17)1-4-21(30-20)25(34)31-32-9-7-15(8-10-32)24(33)29-14-19-13-28-22-12-18(27)3-6-23(22)35-19/h1-6,11-12,15,19,28H,7-10,13-14H2,(H,29,33)(H,31,34). The number of carbonyl (C=O) groups excluding carboxylic acids is 2. The number of rotatable bonds is 5. The highest BCUT2D eigenvalue weighted by Crippen LogP contribution is 2.31. The van der Waals surface area contributed by atoms with Gasteiger partial charge in [-0.15, -0.1) is 0 Å². The fraction of sp³-hybridized carbons (Fsp3) is 0.320. The number of amides is 2. The van der Waals surface area contributed by atoms with Crippen molar-refractivity contribution in [3.05, 3.63) is 64.3 Å². The van der Waals surface area contributed by atoms with Crippen molar-refractivity contribution in [2.45, 2.75) is 18.9 Å². The second-order valence-electron chi connectivity index (χ2n) is 8.74. The van der Waals surface area contributed by atoms with Gasteiger partial charge in [-0.1, -0.05) is 29.3 Å². The van der Waals surface area contributed by atoms with Crippen LogP contribution in [-0.4, -0.2) is 54.1 Å². The number of hydrogen-bond acceptors (Lipinski definition) is 6. The summed E-state index contributed by atoms with van der Waals surface area (Å²) in [5.74, 6) is 0.368. The molecule has 1 atom stereocenters. The fourth-order valence-electron chi connectivity index (χ4n) is 4.34. The summed E-state index contributed by atoms with van der Waals surface area (Å²) in [6.07, 6.45) is 1.15. The molecule has 0 spiro atoms. The molecule has 0 bridgehead atoms. The van der Waals surface area contributed by atoms with E-state index in [-0.39, 0.29) is 23.8 Å². The largest absolute Gasteiger partial charge is 0.485 e. The van der Waals surface area contributed by atoms with E-state index in [9.17, 15) is 9.59 Å². The lowest BCUT2D eigenvalue weighted by Crippen LogP contribution is -2.50. The summed E-state index contributed by atoms with van der Waals surface area (Å²) in [4.78, 5) is 29.8. The first-order chi connectivity index (χ1) is 16.9. The van der Waals surface area contributed by atoms with E-state index in [0.717, 1.165) is 16.8 Å². The molecule has 3 N–H and O–H groups in total. The zero-order valence-corrected chi connectivity index (χ0v) is 20.4. The molecular formula is C25H25Cl2N5O3. The van der Waals surface area contributed by atoms with Crippen LogP contribution in [0.3, 0.4) is 0 Å². The minimum atomic E-state index is -0.270. The monoisotopic (exact) mass is 513 g/mol. The average molecular weight is 514 g/mol. The highest BCUT2D eigenvalue weighted by atomic mass is 35.5. The van der Waals surface area contributed by atoms with Crippen LogP contribution >= 0.6 is 23.2 Å². The van der Waals surface area contributed by atoms with E-state index >= 15 is 0 Å². The van der Waals surface area contributed by atoms with Crippen LogP contribution in [0.2, 0.25) is 10.0 Å². The van der Waals surface area contributed by atoms with Crippen LogP contribution in [0.15, 0.2) is 48.5 Å². The molecule has 8 nitrogen and oxygen atoms in total. The Kier molecular flexibility index (Phi) is 6.95. The molecule has 3 heterocycles. The lowest BCUT2D eigenvalue weighted by atomic mass is 9.96. The minimum absolute atomic E-state index is 0.0105. The van der Waals surface area contributed by atoms with Crippen molar-refractivity contribution in [2.75, 3.05) is 31.5 Å². The van der Waals surface area contributed by atoms with Crippen molar-refractivity contribution in [1.29, 1.82) is 0 Å². The van der Waals surface area contributed by atoms with E-state index in [1.54, 1.807) is 24.3 Å². The molecule has 182 valence electrons. The molecule has 35 heavy (non-hydrogen) atoms. The van der Waals surface area contributed by atoms with Crippen LogP contribution in [0.25, 0.3) is 10.9 Å². The van der Waals surface area contributed by atoms with Crippen LogP contribution in [0.4, 0.5) is 5.69 Å². The molecular weight excluding hydrogens is 489 g/mol. The Balaban J connectivity index is 1.07. The van der Waals surface area contributed by atoms with Gasteiger partial charge in [-0.2, -0.15) is 0 Å². The van der Waals surface area contributed by atoms with Crippen molar-refractivity contribution in [3.8, 4) is 5.75 Å². The molecule has 2 aliphatic heterocycles. The molecule has 0 radical (unpaired) electrons. The van der Waals surface area contributed by atoms with E-state index in [1.165, 1.54) is 0 Å². The first-order valence-electron chi connectivity index (χ1n) is 11.5. The number of pyridine rings is 1. The number of benzene rings is 2. The number of nitrogens with one attached hydrogen (secondary N) is 3. The maximum Gasteiger partial charge on any atom is 0.284 e. The van der Waals surface area contributed by atoms with Gasteiger partial charge in [0, 0.05) is 34.4 Å². The Morgan fingerprint density at radius 2 is 1.83 bits per heavy atom. The average Bonchev–Trinajstić information content (AvgIpc) is 2.87. The van der Waals surface area contributed by atoms with Gasteiger partial charge < -0.3 is 15.4 Å². The molecule has 3 aromatic rings.